The molecule has 0 saturated carbocycles. The molecule has 2 heterocycles. The van der Waals surface area contributed by atoms with E-state index in [0.717, 1.165) is 0 Å². The molecular formula is C19H16N6O3S. The first kappa shape index (κ1) is 18.6. The van der Waals surface area contributed by atoms with Crippen LogP contribution in [0.5, 0.6) is 0 Å². The molecule has 29 heavy (non-hydrogen) atoms. The average molecular weight is 408 g/mol. The maximum atomic E-state index is 12.9. The van der Waals surface area contributed by atoms with Crippen LogP contribution in [0.15, 0.2) is 82.6 Å². The number of nitrogens with zero attached hydrogens (tertiary/aromatic N) is 3. The van der Waals surface area contributed by atoms with E-state index in [0.29, 0.717) is 16.6 Å². The third-order valence-corrected chi connectivity index (χ3v) is 5.58. The van der Waals surface area contributed by atoms with Crippen LogP contribution in [0, 0.1) is 0 Å². The van der Waals surface area contributed by atoms with Gasteiger partial charge in [-0.1, -0.05) is 18.2 Å². The molecule has 0 bridgehead atoms. The van der Waals surface area contributed by atoms with Crippen LogP contribution in [0.4, 0.5) is 11.8 Å². The van der Waals surface area contributed by atoms with Crippen molar-refractivity contribution in [1.29, 1.82) is 0 Å². The van der Waals surface area contributed by atoms with Crippen molar-refractivity contribution in [2.24, 2.45) is 5.84 Å². The number of aromatic nitrogens is 3. The van der Waals surface area contributed by atoms with Gasteiger partial charge < -0.3 is 0 Å². The summed E-state index contributed by atoms with van der Waals surface area (Å²) >= 11 is 0. The fourth-order valence-electron chi connectivity index (χ4n) is 2.86. The number of hydrogen-bond acceptors (Lipinski definition) is 7. The number of benzene rings is 2. The molecular weight excluding hydrogens is 392 g/mol. The third kappa shape index (κ3) is 3.53. The second kappa shape index (κ2) is 7.34. The lowest BCUT2D eigenvalue weighted by molar-refractivity contribution is 0.601. The molecule has 146 valence electrons. The quantitative estimate of drug-likeness (QED) is 0.339. The summed E-state index contributed by atoms with van der Waals surface area (Å²) in [7, 11) is -3.83. The Morgan fingerprint density at radius 1 is 0.931 bits per heavy atom. The molecule has 0 radical (unpaired) electrons. The van der Waals surface area contributed by atoms with E-state index < -0.39 is 10.0 Å². The molecule has 0 saturated heterocycles. The van der Waals surface area contributed by atoms with Crippen molar-refractivity contribution >= 4 is 32.7 Å². The van der Waals surface area contributed by atoms with Crippen LogP contribution in [0.3, 0.4) is 0 Å². The van der Waals surface area contributed by atoms with Crippen LogP contribution in [0.1, 0.15) is 0 Å². The lowest BCUT2D eigenvalue weighted by atomic mass is 10.2. The maximum absolute atomic E-state index is 12.9. The van der Waals surface area contributed by atoms with E-state index in [1.54, 1.807) is 42.5 Å². The second-order valence-corrected chi connectivity index (χ2v) is 7.73. The van der Waals surface area contributed by atoms with Crippen LogP contribution in [0.25, 0.3) is 16.6 Å². The molecule has 0 amide bonds. The number of nitrogen functional groups attached to an aromatic ring is 1. The minimum Gasteiger partial charge on any atom is -0.293 e. The summed E-state index contributed by atoms with van der Waals surface area (Å²) < 4.78 is 28.8. The number of nitrogens with two attached hydrogens (primary N) is 1. The van der Waals surface area contributed by atoms with Crippen molar-refractivity contribution in [2.75, 3.05) is 10.1 Å². The summed E-state index contributed by atoms with van der Waals surface area (Å²) in [6.07, 6.45) is 1.49. The first-order chi connectivity index (χ1) is 14.0. The number of hydrazine groups is 1. The first-order valence-electron chi connectivity index (χ1n) is 8.52. The van der Waals surface area contributed by atoms with Gasteiger partial charge in [-0.2, -0.15) is 0 Å². The van der Waals surface area contributed by atoms with E-state index in [2.05, 4.69) is 20.1 Å². The van der Waals surface area contributed by atoms with Crippen molar-refractivity contribution in [2.45, 2.75) is 4.90 Å². The van der Waals surface area contributed by atoms with Gasteiger partial charge in [0.05, 0.1) is 21.5 Å². The Kier molecular flexibility index (Phi) is 4.71. The Bertz CT molecular complexity index is 1340. The van der Waals surface area contributed by atoms with Crippen LogP contribution >= 0.6 is 0 Å². The van der Waals surface area contributed by atoms with Crippen LogP contribution < -0.4 is 21.5 Å². The van der Waals surface area contributed by atoms with Crippen molar-refractivity contribution in [3.8, 4) is 5.69 Å². The molecule has 0 aliphatic carbocycles. The van der Waals surface area contributed by atoms with Gasteiger partial charge in [0.1, 0.15) is 5.82 Å². The van der Waals surface area contributed by atoms with Gasteiger partial charge >= 0.3 is 0 Å². The van der Waals surface area contributed by atoms with Crippen LogP contribution in [0.2, 0.25) is 0 Å². The molecule has 0 unspecified atom stereocenters. The standard InChI is InChI=1S/C19H16N6O3S/c20-23-19-22-16-6-2-1-5-15(16)18(26)25(19)13-8-10-14(11-9-13)29(27,28)24-17-7-3-4-12-21-17/h1-12H,20H2,(H,21,24)(H,22,23). The predicted molar refractivity (Wildman–Crippen MR) is 110 cm³/mol. The average Bonchev–Trinajstić information content (AvgIpc) is 2.74. The molecule has 0 aliphatic heterocycles. The Balaban J connectivity index is 1.75. The predicted octanol–water partition coefficient (Wildman–Crippen LogP) is 1.87. The van der Waals surface area contributed by atoms with Crippen LogP contribution in [-0.2, 0) is 10.0 Å². The zero-order valence-corrected chi connectivity index (χ0v) is 15.8. The first-order valence-corrected chi connectivity index (χ1v) is 10.0. The summed E-state index contributed by atoms with van der Waals surface area (Å²) in [5, 5.41) is 0.417. The summed E-state index contributed by atoms with van der Waals surface area (Å²) in [6, 6.07) is 17.6. The van der Waals surface area contributed by atoms with E-state index in [1.807, 2.05) is 0 Å². The Morgan fingerprint density at radius 3 is 2.34 bits per heavy atom. The van der Waals surface area contributed by atoms with Crippen molar-refractivity contribution < 1.29 is 8.42 Å². The normalized spacial score (nSPS) is 11.3. The topological polar surface area (TPSA) is 132 Å². The second-order valence-electron chi connectivity index (χ2n) is 6.05. The monoisotopic (exact) mass is 408 g/mol. The minimum atomic E-state index is -3.83. The number of hydrogen-bond donors (Lipinski definition) is 3. The highest BCUT2D eigenvalue weighted by molar-refractivity contribution is 7.92. The number of rotatable bonds is 5. The molecule has 4 N–H and O–H groups in total. The van der Waals surface area contributed by atoms with E-state index in [9.17, 15) is 13.2 Å². The number of sulfonamides is 1. The van der Waals surface area contributed by atoms with Crippen LogP contribution in [-0.4, -0.2) is 23.0 Å². The smallest absolute Gasteiger partial charge is 0.267 e. The number of nitrogens with one attached hydrogen (secondary N) is 2. The lowest BCUT2D eigenvalue weighted by Crippen LogP contribution is -2.26. The number of para-hydroxylation sites is 1. The van der Waals surface area contributed by atoms with Gasteiger partial charge in [-0.3, -0.25) is 14.9 Å². The summed E-state index contributed by atoms with van der Waals surface area (Å²) in [5.74, 6) is 5.89. The molecule has 2 aromatic carbocycles. The highest BCUT2D eigenvalue weighted by Crippen LogP contribution is 2.19. The van der Waals surface area contributed by atoms with Gasteiger partial charge in [0, 0.05) is 6.20 Å². The highest BCUT2D eigenvalue weighted by Gasteiger charge is 2.16. The maximum Gasteiger partial charge on any atom is 0.267 e. The van der Waals surface area contributed by atoms with Gasteiger partial charge in [0.25, 0.3) is 15.6 Å². The van der Waals surface area contributed by atoms with E-state index in [-0.39, 0.29) is 22.2 Å². The minimum absolute atomic E-state index is 0.0240. The van der Waals surface area contributed by atoms with Gasteiger partial charge in [0.15, 0.2) is 0 Å². The molecule has 0 atom stereocenters. The molecule has 4 aromatic rings. The largest absolute Gasteiger partial charge is 0.293 e. The summed E-state index contributed by atoms with van der Waals surface area (Å²) in [5.41, 5.74) is 3.00. The van der Waals surface area contributed by atoms with Crippen molar-refractivity contribution in [3.63, 3.8) is 0 Å². The highest BCUT2D eigenvalue weighted by atomic mass is 32.2. The molecule has 2 aromatic heterocycles. The van der Waals surface area contributed by atoms with Crippen molar-refractivity contribution in [1.82, 2.24) is 14.5 Å². The van der Waals surface area contributed by atoms with E-state index in [4.69, 9.17) is 5.84 Å². The fraction of sp³-hybridized carbons (Fsp3) is 0. The van der Waals surface area contributed by atoms with Crippen molar-refractivity contribution in [3.05, 3.63) is 83.3 Å². The fourth-order valence-corrected chi connectivity index (χ4v) is 3.87. The Morgan fingerprint density at radius 2 is 1.66 bits per heavy atom. The molecule has 10 heteroatoms. The zero-order valence-electron chi connectivity index (χ0n) is 15.0. The Labute approximate surface area is 165 Å². The summed E-state index contributed by atoms with van der Waals surface area (Å²) in [4.78, 5) is 21.2. The summed E-state index contributed by atoms with van der Waals surface area (Å²) in [6.45, 7) is 0. The Hall–Kier alpha value is -3.76. The molecule has 0 spiro atoms. The third-order valence-electron chi connectivity index (χ3n) is 4.21. The van der Waals surface area contributed by atoms with Gasteiger partial charge in [0.2, 0.25) is 5.95 Å². The molecule has 0 fully saturated rings. The van der Waals surface area contributed by atoms with E-state index in [1.165, 1.54) is 35.0 Å². The van der Waals surface area contributed by atoms with Gasteiger partial charge in [-0.05, 0) is 48.5 Å². The SMILES string of the molecule is NNc1nc2ccccc2c(=O)n1-c1ccc(S(=O)(=O)Nc2ccccn2)cc1. The molecule has 4 rings (SSSR count). The zero-order chi connectivity index (χ0) is 20.4. The van der Waals surface area contributed by atoms with Gasteiger partial charge in [-0.15, -0.1) is 0 Å². The number of pyridine rings is 1. The van der Waals surface area contributed by atoms with Gasteiger partial charge in [-0.25, -0.2) is 28.8 Å². The molecule has 0 aliphatic rings. The van der Waals surface area contributed by atoms with E-state index >= 15 is 0 Å². The number of anilines is 2. The molecule has 9 nitrogen and oxygen atoms in total. The number of fused-ring (bicyclic) bond motifs is 1. The lowest BCUT2D eigenvalue weighted by Gasteiger charge is -2.13.